The molecule has 12 heteroatoms. The number of halogens is 6. The average molecular weight is 467 g/mol. The molecule has 0 bridgehead atoms. The van der Waals surface area contributed by atoms with E-state index in [0.29, 0.717) is 18.1 Å². The Morgan fingerprint density at radius 2 is 1.62 bits per heavy atom. The Bertz CT molecular complexity index is 844. The van der Waals surface area contributed by atoms with Crippen molar-refractivity contribution in [3.63, 3.8) is 0 Å². The Kier molecular flexibility index (Phi) is 9.05. The summed E-state index contributed by atoms with van der Waals surface area (Å²) in [5.41, 5.74) is 0.0800. The molecule has 1 fully saturated rings. The van der Waals surface area contributed by atoms with Gasteiger partial charge < -0.3 is 14.5 Å². The summed E-state index contributed by atoms with van der Waals surface area (Å²) in [5.74, 6) is -1.65. The number of carbonyl (C=O) groups is 1. The lowest BCUT2D eigenvalue weighted by molar-refractivity contribution is -0.192. The number of hydrogen-bond acceptors (Lipinski definition) is 5. The number of carboxylic acid groups (broad SMARTS) is 1. The summed E-state index contributed by atoms with van der Waals surface area (Å²) in [6, 6.07) is 5.06. The van der Waals surface area contributed by atoms with Gasteiger partial charge in [0.25, 0.3) is 0 Å². The predicted molar refractivity (Wildman–Crippen MR) is 101 cm³/mol. The number of hydrogen-bond donors (Lipinski definition) is 1. The van der Waals surface area contributed by atoms with Crippen LogP contribution in [0.2, 0.25) is 0 Å². The van der Waals surface area contributed by atoms with Crippen molar-refractivity contribution in [3.05, 3.63) is 47.1 Å². The van der Waals surface area contributed by atoms with Crippen LogP contribution in [0.4, 0.5) is 26.3 Å². The van der Waals surface area contributed by atoms with Crippen LogP contribution in [0, 0.1) is 0 Å². The maximum absolute atomic E-state index is 12.6. The van der Waals surface area contributed by atoms with Crippen molar-refractivity contribution < 1.29 is 40.8 Å². The van der Waals surface area contributed by atoms with E-state index >= 15 is 0 Å². The lowest BCUT2D eigenvalue weighted by atomic mass is 10.1. The second-order valence-electron chi connectivity index (χ2n) is 7.28. The number of nitrogens with zero attached hydrogens (tertiary/aromatic N) is 3. The van der Waals surface area contributed by atoms with Gasteiger partial charge in [0.15, 0.2) is 5.82 Å². The molecule has 0 unspecified atom stereocenters. The maximum Gasteiger partial charge on any atom is 0.490 e. The highest BCUT2D eigenvalue weighted by atomic mass is 19.4. The number of likely N-dealkylation sites (tertiary alicyclic amines) is 1. The van der Waals surface area contributed by atoms with Crippen molar-refractivity contribution in [3.8, 4) is 0 Å². The highest BCUT2D eigenvalue weighted by Gasteiger charge is 2.38. The molecule has 0 aliphatic carbocycles. The number of aliphatic carboxylic acids is 1. The van der Waals surface area contributed by atoms with E-state index in [4.69, 9.17) is 14.4 Å². The molecule has 0 spiro atoms. The predicted octanol–water partition coefficient (Wildman–Crippen LogP) is 4.73. The molecule has 1 aliphatic rings. The first-order valence-corrected chi connectivity index (χ1v) is 9.95. The normalized spacial score (nSPS) is 15.2. The zero-order valence-electron chi connectivity index (χ0n) is 17.0. The topological polar surface area (TPSA) is 79.5 Å². The molecular weight excluding hydrogens is 444 g/mol. The van der Waals surface area contributed by atoms with E-state index in [-0.39, 0.29) is 0 Å². The molecule has 6 nitrogen and oxygen atoms in total. The quantitative estimate of drug-likeness (QED) is 0.619. The smallest absolute Gasteiger partial charge is 0.475 e. The van der Waals surface area contributed by atoms with Crippen LogP contribution in [0.25, 0.3) is 0 Å². The summed E-state index contributed by atoms with van der Waals surface area (Å²) < 4.78 is 74.7. The molecule has 0 saturated carbocycles. The van der Waals surface area contributed by atoms with Gasteiger partial charge in [0.1, 0.15) is 0 Å². The zero-order valence-corrected chi connectivity index (χ0v) is 17.0. The van der Waals surface area contributed by atoms with Crippen molar-refractivity contribution in [2.45, 2.75) is 50.9 Å². The van der Waals surface area contributed by atoms with Gasteiger partial charge in [-0.2, -0.15) is 31.3 Å². The number of aryl methyl sites for hydroxylation is 1. The molecule has 1 aliphatic heterocycles. The molecule has 32 heavy (non-hydrogen) atoms. The van der Waals surface area contributed by atoms with E-state index in [2.05, 4.69) is 15.0 Å². The van der Waals surface area contributed by atoms with Crippen LogP contribution in [-0.4, -0.2) is 51.9 Å². The minimum atomic E-state index is -5.08. The standard InChI is InChI=1S/C18H22F3N3O.C2HF3O2/c19-18(20,21)15-8-6-14(7-9-15)13-16-22-17(25-23-16)5-4-12-24-10-2-1-3-11-24;3-2(4,5)1(6)7/h6-9H,1-5,10-13H2;(H,6,7). The Labute approximate surface area is 180 Å². The first-order valence-electron chi connectivity index (χ1n) is 9.95. The first kappa shape index (κ1) is 25.6. The van der Waals surface area contributed by atoms with E-state index in [0.717, 1.165) is 37.1 Å². The minimum Gasteiger partial charge on any atom is -0.475 e. The third-order valence-corrected chi connectivity index (χ3v) is 4.71. The average Bonchev–Trinajstić information content (AvgIpc) is 3.15. The molecular formula is C20H23F6N3O3. The van der Waals surface area contributed by atoms with Crippen LogP contribution in [-0.2, 0) is 23.8 Å². The van der Waals surface area contributed by atoms with Crippen molar-refractivity contribution in [1.29, 1.82) is 0 Å². The van der Waals surface area contributed by atoms with E-state index < -0.39 is 23.9 Å². The Balaban J connectivity index is 0.000000451. The van der Waals surface area contributed by atoms with Crippen molar-refractivity contribution in [1.82, 2.24) is 15.0 Å². The van der Waals surface area contributed by atoms with Crippen molar-refractivity contribution in [2.75, 3.05) is 19.6 Å². The second kappa shape index (κ2) is 11.3. The van der Waals surface area contributed by atoms with Crippen LogP contribution in [0.5, 0.6) is 0 Å². The number of piperidine rings is 1. The molecule has 2 heterocycles. The SMILES string of the molecule is FC(F)(F)c1ccc(Cc2noc(CCCN3CCCCC3)n2)cc1.O=C(O)C(F)(F)F. The molecule has 1 N–H and O–H groups in total. The summed E-state index contributed by atoms with van der Waals surface area (Å²) in [5, 5.41) is 11.1. The summed E-state index contributed by atoms with van der Waals surface area (Å²) in [7, 11) is 0. The van der Waals surface area contributed by atoms with Gasteiger partial charge in [0, 0.05) is 12.8 Å². The highest BCUT2D eigenvalue weighted by molar-refractivity contribution is 5.73. The van der Waals surface area contributed by atoms with Crippen molar-refractivity contribution in [2.24, 2.45) is 0 Å². The number of carboxylic acids is 1. The number of benzene rings is 1. The molecule has 1 saturated heterocycles. The molecule has 178 valence electrons. The summed E-state index contributed by atoms with van der Waals surface area (Å²) in [4.78, 5) is 15.7. The van der Waals surface area contributed by atoms with Gasteiger partial charge >= 0.3 is 18.3 Å². The van der Waals surface area contributed by atoms with Crippen LogP contribution >= 0.6 is 0 Å². The Morgan fingerprint density at radius 3 is 2.16 bits per heavy atom. The first-order chi connectivity index (χ1) is 14.9. The molecule has 2 aromatic rings. The number of aromatic nitrogens is 2. The van der Waals surface area contributed by atoms with Crippen LogP contribution in [0.3, 0.4) is 0 Å². The molecule has 0 atom stereocenters. The van der Waals surface area contributed by atoms with E-state index in [9.17, 15) is 26.3 Å². The molecule has 3 rings (SSSR count). The third-order valence-electron chi connectivity index (χ3n) is 4.71. The largest absolute Gasteiger partial charge is 0.490 e. The molecule has 1 aromatic heterocycles. The second-order valence-corrected chi connectivity index (χ2v) is 7.28. The highest BCUT2D eigenvalue weighted by Crippen LogP contribution is 2.29. The maximum atomic E-state index is 12.6. The fourth-order valence-corrected chi connectivity index (χ4v) is 3.09. The monoisotopic (exact) mass is 467 g/mol. The van der Waals surface area contributed by atoms with Crippen LogP contribution < -0.4 is 0 Å². The van der Waals surface area contributed by atoms with E-state index in [1.165, 1.54) is 44.5 Å². The van der Waals surface area contributed by atoms with Gasteiger partial charge in [0.05, 0.1) is 5.56 Å². The molecule has 0 radical (unpaired) electrons. The van der Waals surface area contributed by atoms with Crippen molar-refractivity contribution >= 4 is 5.97 Å². The Hall–Kier alpha value is -2.63. The number of alkyl halides is 6. The summed E-state index contributed by atoms with van der Waals surface area (Å²) in [6.45, 7) is 3.38. The van der Waals surface area contributed by atoms with Crippen LogP contribution in [0.15, 0.2) is 28.8 Å². The lowest BCUT2D eigenvalue weighted by Crippen LogP contribution is -2.30. The fraction of sp³-hybridized carbons (Fsp3) is 0.550. The van der Waals surface area contributed by atoms with Gasteiger partial charge in [-0.3, -0.25) is 0 Å². The van der Waals surface area contributed by atoms with Gasteiger partial charge in [-0.05, 0) is 56.6 Å². The van der Waals surface area contributed by atoms with Gasteiger partial charge in [0.2, 0.25) is 5.89 Å². The zero-order chi connectivity index (χ0) is 23.8. The minimum absolute atomic E-state index is 0.369. The van der Waals surface area contributed by atoms with Gasteiger partial charge in [-0.25, -0.2) is 4.79 Å². The number of rotatable bonds is 6. The fourth-order valence-electron chi connectivity index (χ4n) is 3.09. The lowest BCUT2D eigenvalue weighted by Gasteiger charge is -2.25. The summed E-state index contributed by atoms with van der Waals surface area (Å²) >= 11 is 0. The molecule has 1 aromatic carbocycles. The Morgan fingerprint density at radius 1 is 1.03 bits per heavy atom. The van der Waals surface area contributed by atoms with Gasteiger partial charge in [-0.1, -0.05) is 23.7 Å². The van der Waals surface area contributed by atoms with Gasteiger partial charge in [-0.15, -0.1) is 0 Å². The van der Waals surface area contributed by atoms with Crippen LogP contribution in [0.1, 0.15) is 48.5 Å². The van der Waals surface area contributed by atoms with E-state index in [1.807, 2.05) is 0 Å². The van der Waals surface area contributed by atoms with E-state index in [1.54, 1.807) is 0 Å². The summed E-state index contributed by atoms with van der Waals surface area (Å²) in [6.07, 6.45) is -3.44. The molecule has 0 amide bonds. The third kappa shape index (κ3) is 8.85.